The smallest absolute Gasteiger partial charge is 0.310 e. The molecule has 0 spiro atoms. The van der Waals surface area contributed by atoms with Crippen LogP contribution < -0.4 is 0 Å². The van der Waals surface area contributed by atoms with Crippen LogP contribution in [-0.2, 0) is 27.2 Å². The predicted octanol–water partition coefficient (Wildman–Crippen LogP) is 3.22. The van der Waals surface area contributed by atoms with Crippen molar-refractivity contribution in [2.45, 2.75) is 19.8 Å². The summed E-state index contributed by atoms with van der Waals surface area (Å²) in [5.74, 6) is -0.163. The third kappa shape index (κ3) is 7.67. The molecule has 2 aromatic rings. The van der Waals surface area contributed by atoms with Crippen LogP contribution in [0.25, 0.3) is 0 Å². The monoisotopic (exact) mass is 284 g/mol. The fraction of sp³-hybridized carbons (Fsp3) is 0.222. The Labute approximate surface area is 125 Å². The predicted molar refractivity (Wildman–Crippen MR) is 83.0 cm³/mol. The standard InChI is InChI=1S/C10H12O2.C8H8O/c1-2-12-10(11)8-9-6-4-3-5-7-9;9-7-6-8-4-2-1-3-5-8/h3-7H,2,8H2,1H3;1-5,7H,6H2. The van der Waals surface area contributed by atoms with Gasteiger partial charge >= 0.3 is 5.97 Å². The van der Waals surface area contributed by atoms with Crippen molar-refractivity contribution in [1.82, 2.24) is 0 Å². The number of carbonyl (C=O) groups is 2. The summed E-state index contributed by atoms with van der Waals surface area (Å²) in [6.07, 6.45) is 1.81. The summed E-state index contributed by atoms with van der Waals surface area (Å²) in [6, 6.07) is 19.3. The van der Waals surface area contributed by atoms with Crippen molar-refractivity contribution in [3.8, 4) is 0 Å². The summed E-state index contributed by atoms with van der Waals surface area (Å²) in [5, 5.41) is 0. The molecule has 3 heteroatoms. The van der Waals surface area contributed by atoms with Gasteiger partial charge in [-0.1, -0.05) is 60.7 Å². The van der Waals surface area contributed by atoms with Crippen molar-refractivity contribution in [2.24, 2.45) is 0 Å². The third-order valence-electron chi connectivity index (χ3n) is 2.66. The van der Waals surface area contributed by atoms with Crippen LogP contribution in [-0.4, -0.2) is 18.9 Å². The average molecular weight is 284 g/mol. The van der Waals surface area contributed by atoms with Crippen LogP contribution in [0.1, 0.15) is 18.1 Å². The molecule has 0 unspecified atom stereocenters. The zero-order valence-corrected chi connectivity index (χ0v) is 12.2. The highest BCUT2D eigenvalue weighted by atomic mass is 16.5. The molecule has 3 nitrogen and oxygen atoms in total. The van der Waals surface area contributed by atoms with E-state index in [0.29, 0.717) is 19.4 Å². The number of rotatable bonds is 5. The van der Waals surface area contributed by atoms with E-state index in [-0.39, 0.29) is 5.97 Å². The van der Waals surface area contributed by atoms with Crippen molar-refractivity contribution >= 4 is 12.3 Å². The van der Waals surface area contributed by atoms with Gasteiger partial charge in [-0.2, -0.15) is 0 Å². The minimum atomic E-state index is -0.163. The fourth-order valence-electron chi connectivity index (χ4n) is 1.68. The Morgan fingerprint density at radius 3 is 1.95 bits per heavy atom. The van der Waals surface area contributed by atoms with E-state index in [1.807, 2.05) is 67.6 Å². The normalized spacial score (nSPS) is 9.19. The Morgan fingerprint density at radius 1 is 0.952 bits per heavy atom. The van der Waals surface area contributed by atoms with E-state index in [1.165, 1.54) is 0 Å². The number of esters is 1. The largest absolute Gasteiger partial charge is 0.466 e. The van der Waals surface area contributed by atoms with E-state index in [2.05, 4.69) is 0 Å². The first kappa shape index (κ1) is 16.6. The van der Waals surface area contributed by atoms with Crippen molar-refractivity contribution in [3.05, 3.63) is 71.8 Å². The summed E-state index contributed by atoms with van der Waals surface area (Å²) in [7, 11) is 0. The number of benzene rings is 2. The lowest BCUT2D eigenvalue weighted by Crippen LogP contribution is -2.06. The van der Waals surface area contributed by atoms with E-state index in [4.69, 9.17) is 4.74 Å². The van der Waals surface area contributed by atoms with Gasteiger partial charge < -0.3 is 9.53 Å². The van der Waals surface area contributed by atoms with Crippen LogP contribution >= 0.6 is 0 Å². The van der Waals surface area contributed by atoms with Crippen LogP contribution in [0.2, 0.25) is 0 Å². The molecule has 0 fully saturated rings. The van der Waals surface area contributed by atoms with Gasteiger partial charge in [0.15, 0.2) is 0 Å². The van der Waals surface area contributed by atoms with Gasteiger partial charge in [0.2, 0.25) is 0 Å². The molecular weight excluding hydrogens is 264 g/mol. The maximum absolute atomic E-state index is 11.0. The summed E-state index contributed by atoms with van der Waals surface area (Å²) in [6.45, 7) is 2.26. The molecule has 0 aliphatic rings. The molecule has 2 rings (SSSR count). The lowest BCUT2D eigenvalue weighted by molar-refractivity contribution is -0.142. The Balaban J connectivity index is 0.000000219. The van der Waals surface area contributed by atoms with Gasteiger partial charge in [0, 0.05) is 6.42 Å². The van der Waals surface area contributed by atoms with Gasteiger partial charge in [0.25, 0.3) is 0 Å². The van der Waals surface area contributed by atoms with E-state index in [0.717, 1.165) is 17.4 Å². The molecule has 0 saturated carbocycles. The summed E-state index contributed by atoms with van der Waals surface area (Å²) in [4.78, 5) is 21.0. The van der Waals surface area contributed by atoms with Crippen LogP contribution in [0.5, 0.6) is 0 Å². The second kappa shape index (κ2) is 10.4. The van der Waals surface area contributed by atoms with Crippen LogP contribution in [0.4, 0.5) is 0 Å². The molecule has 0 amide bonds. The molecule has 2 aromatic carbocycles. The van der Waals surface area contributed by atoms with Gasteiger partial charge in [-0.05, 0) is 18.1 Å². The highest BCUT2D eigenvalue weighted by molar-refractivity contribution is 5.72. The Bertz CT molecular complexity index is 521. The second-order valence-electron chi connectivity index (χ2n) is 4.32. The van der Waals surface area contributed by atoms with Crippen molar-refractivity contribution in [2.75, 3.05) is 6.61 Å². The second-order valence-corrected chi connectivity index (χ2v) is 4.32. The highest BCUT2D eigenvalue weighted by Crippen LogP contribution is 2.00. The van der Waals surface area contributed by atoms with Crippen LogP contribution in [0.3, 0.4) is 0 Å². The zero-order valence-electron chi connectivity index (χ0n) is 12.2. The average Bonchev–Trinajstić information content (AvgIpc) is 2.50. The number of hydrogen-bond donors (Lipinski definition) is 0. The topological polar surface area (TPSA) is 43.4 Å². The van der Waals surface area contributed by atoms with Crippen molar-refractivity contribution < 1.29 is 14.3 Å². The summed E-state index contributed by atoms with van der Waals surface area (Å²) >= 11 is 0. The minimum absolute atomic E-state index is 0.163. The molecule has 0 N–H and O–H groups in total. The number of aldehydes is 1. The molecule has 110 valence electrons. The lowest BCUT2D eigenvalue weighted by atomic mass is 10.2. The quantitative estimate of drug-likeness (QED) is 0.625. The molecule has 0 radical (unpaired) electrons. The van der Waals surface area contributed by atoms with Crippen molar-refractivity contribution in [1.29, 1.82) is 0 Å². The van der Waals surface area contributed by atoms with Gasteiger partial charge in [-0.15, -0.1) is 0 Å². The van der Waals surface area contributed by atoms with E-state index in [1.54, 1.807) is 0 Å². The molecule has 0 atom stereocenters. The molecule has 0 aliphatic carbocycles. The van der Waals surface area contributed by atoms with Crippen LogP contribution in [0, 0.1) is 0 Å². The zero-order chi connectivity index (χ0) is 15.3. The van der Waals surface area contributed by atoms with Crippen LogP contribution in [0.15, 0.2) is 60.7 Å². The third-order valence-corrected chi connectivity index (χ3v) is 2.66. The Hall–Kier alpha value is -2.42. The van der Waals surface area contributed by atoms with Gasteiger partial charge in [0.1, 0.15) is 6.29 Å². The Morgan fingerprint density at radius 2 is 1.48 bits per heavy atom. The minimum Gasteiger partial charge on any atom is -0.466 e. The number of ether oxygens (including phenoxy) is 1. The highest BCUT2D eigenvalue weighted by Gasteiger charge is 2.01. The summed E-state index contributed by atoms with van der Waals surface area (Å²) in [5.41, 5.74) is 2.07. The molecule has 0 bridgehead atoms. The molecular formula is C18H20O3. The van der Waals surface area contributed by atoms with Gasteiger partial charge in [-0.3, -0.25) is 4.79 Å². The maximum Gasteiger partial charge on any atom is 0.310 e. The van der Waals surface area contributed by atoms with E-state index in [9.17, 15) is 9.59 Å². The fourth-order valence-corrected chi connectivity index (χ4v) is 1.68. The van der Waals surface area contributed by atoms with E-state index < -0.39 is 0 Å². The molecule has 0 aromatic heterocycles. The first-order valence-electron chi connectivity index (χ1n) is 6.93. The van der Waals surface area contributed by atoms with E-state index >= 15 is 0 Å². The lowest BCUT2D eigenvalue weighted by Gasteiger charge is -2.00. The first-order chi connectivity index (χ1) is 10.3. The Kier molecular flexibility index (Phi) is 8.22. The molecule has 21 heavy (non-hydrogen) atoms. The molecule has 0 heterocycles. The molecule has 0 aliphatic heterocycles. The SMILES string of the molecule is CCOC(=O)Cc1ccccc1.O=CCc1ccccc1. The summed E-state index contributed by atoms with van der Waals surface area (Å²) < 4.78 is 4.81. The van der Waals surface area contributed by atoms with Gasteiger partial charge in [-0.25, -0.2) is 0 Å². The number of carbonyl (C=O) groups excluding carboxylic acids is 2. The first-order valence-corrected chi connectivity index (χ1v) is 6.93. The van der Waals surface area contributed by atoms with Crippen molar-refractivity contribution in [3.63, 3.8) is 0 Å². The maximum atomic E-state index is 11.0. The van der Waals surface area contributed by atoms with Gasteiger partial charge in [0.05, 0.1) is 13.0 Å². The molecule has 0 saturated heterocycles. The number of hydrogen-bond acceptors (Lipinski definition) is 3.